The first-order valence-electron chi connectivity index (χ1n) is 7.75. The van der Waals surface area contributed by atoms with Crippen LogP contribution < -0.4 is 4.48 Å². The van der Waals surface area contributed by atoms with Gasteiger partial charge in [0.1, 0.15) is 6.33 Å². The van der Waals surface area contributed by atoms with Gasteiger partial charge in [0.25, 0.3) is 5.82 Å². The maximum atomic E-state index is 10.3. The number of aliphatic hydroxyl groups excluding tert-OH is 1. The van der Waals surface area contributed by atoms with Gasteiger partial charge in [0.2, 0.25) is 0 Å². The number of aromatic nitrogens is 4. The van der Waals surface area contributed by atoms with Crippen molar-refractivity contribution in [3.63, 3.8) is 0 Å². The van der Waals surface area contributed by atoms with Crippen molar-refractivity contribution in [1.29, 1.82) is 0 Å². The van der Waals surface area contributed by atoms with Crippen molar-refractivity contribution in [2.75, 3.05) is 40.8 Å². The molecule has 2 heterocycles. The van der Waals surface area contributed by atoms with Crippen molar-refractivity contribution in [2.45, 2.75) is 26.5 Å². The van der Waals surface area contributed by atoms with E-state index < -0.39 is 6.10 Å². The summed E-state index contributed by atoms with van der Waals surface area (Å²) in [6.45, 7) is 7.21. The average Bonchev–Trinajstić information content (AvgIpc) is 2.86. The third kappa shape index (κ3) is 3.60. The number of likely N-dealkylation sites (N-methyl/N-ethyl adjacent to an activating group) is 1. The maximum Gasteiger partial charge on any atom is 0.258 e. The molecule has 122 valence electrons. The molecule has 2 aromatic heterocycles. The smallest absolute Gasteiger partial charge is 0.258 e. The Kier molecular flexibility index (Phi) is 5.10. The molecule has 0 aliphatic rings. The second-order valence-corrected chi connectivity index (χ2v) is 6.42. The number of hydrogen-bond acceptors (Lipinski definition) is 5. The molecule has 0 saturated heterocycles. The van der Waals surface area contributed by atoms with Crippen molar-refractivity contribution in [2.24, 2.45) is 0 Å². The summed E-state index contributed by atoms with van der Waals surface area (Å²) >= 11 is 0. The minimum atomic E-state index is -0.445. The number of aliphatic hydroxyl groups is 1. The molecule has 2 aromatic rings. The number of quaternary nitrogens is 1. The highest BCUT2D eigenvalue weighted by molar-refractivity contribution is 5.81. The second-order valence-electron chi connectivity index (χ2n) is 6.42. The van der Waals surface area contributed by atoms with Gasteiger partial charge in [0.15, 0.2) is 11.2 Å². The van der Waals surface area contributed by atoms with E-state index in [4.69, 9.17) is 0 Å². The Hall–Kier alpha value is -1.57. The minimum Gasteiger partial charge on any atom is -0.390 e. The molecular weight excluding hydrogens is 280 g/mol. The fourth-order valence-electron chi connectivity index (χ4n) is 2.56. The Morgan fingerprint density at radius 2 is 1.86 bits per heavy atom. The number of imidazole rings is 1. The molecule has 0 aliphatic heterocycles. The molecule has 1 atom stereocenters. The lowest BCUT2D eigenvalue weighted by atomic mass is 10.3. The van der Waals surface area contributed by atoms with E-state index in [1.165, 1.54) is 0 Å². The summed E-state index contributed by atoms with van der Waals surface area (Å²) in [5, 5.41) is 10.3. The van der Waals surface area contributed by atoms with E-state index in [1.54, 1.807) is 12.7 Å². The second kappa shape index (κ2) is 6.68. The summed E-state index contributed by atoms with van der Waals surface area (Å²) in [6, 6.07) is 0. The molecule has 0 aliphatic carbocycles. The van der Waals surface area contributed by atoms with Crippen molar-refractivity contribution < 1.29 is 5.11 Å². The molecule has 0 fully saturated rings. The lowest BCUT2D eigenvalue weighted by Gasteiger charge is -2.22. The molecule has 0 saturated carbocycles. The van der Waals surface area contributed by atoms with Crippen LogP contribution in [0.15, 0.2) is 12.7 Å². The van der Waals surface area contributed by atoms with Crippen LogP contribution in [0.5, 0.6) is 0 Å². The van der Waals surface area contributed by atoms with E-state index in [0.29, 0.717) is 17.6 Å². The lowest BCUT2D eigenvalue weighted by molar-refractivity contribution is 0.104. The van der Waals surface area contributed by atoms with Gasteiger partial charge in [0.05, 0.1) is 40.1 Å². The SMILES string of the molecule is CCN(CC)CC(O)Cn1cnc2c([N+](C)(C)C)ncnc21. The number of rotatable bonds is 7. The zero-order chi connectivity index (χ0) is 16.3. The highest BCUT2D eigenvalue weighted by Gasteiger charge is 2.22. The van der Waals surface area contributed by atoms with Crippen LogP contribution in [0.2, 0.25) is 0 Å². The van der Waals surface area contributed by atoms with Crippen LogP contribution in [0.25, 0.3) is 11.2 Å². The average molecular weight is 307 g/mol. The molecule has 0 spiro atoms. The Morgan fingerprint density at radius 3 is 2.45 bits per heavy atom. The monoisotopic (exact) mass is 307 g/mol. The number of fused-ring (bicyclic) bond motifs is 1. The summed E-state index contributed by atoms with van der Waals surface area (Å²) in [4.78, 5) is 15.4. The van der Waals surface area contributed by atoms with Crippen LogP contribution in [-0.2, 0) is 6.54 Å². The normalized spacial score (nSPS) is 14.0. The van der Waals surface area contributed by atoms with Crippen LogP contribution in [0.3, 0.4) is 0 Å². The van der Waals surface area contributed by atoms with Gasteiger partial charge in [-0.05, 0) is 13.1 Å². The molecule has 7 nitrogen and oxygen atoms in total. The summed E-state index contributed by atoms with van der Waals surface area (Å²) in [5.74, 6) is 0.877. The third-order valence-electron chi connectivity index (χ3n) is 3.79. The summed E-state index contributed by atoms with van der Waals surface area (Å²) < 4.78 is 2.49. The molecule has 2 rings (SSSR count). The molecule has 0 aromatic carbocycles. The Balaban J connectivity index is 2.23. The summed E-state index contributed by atoms with van der Waals surface area (Å²) in [6.07, 6.45) is 2.86. The molecule has 0 radical (unpaired) electrons. The van der Waals surface area contributed by atoms with E-state index in [0.717, 1.165) is 30.1 Å². The fraction of sp³-hybridized carbons (Fsp3) is 0.667. The highest BCUT2D eigenvalue weighted by atomic mass is 16.3. The zero-order valence-corrected chi connectivity index (χ0v) is 14.2. The minimum absolute atomic E-state index is 0.445. The topological polar surface area (TPSA) is 67.1 Å². The summed E-state index contributed by atoms with van der Waals surface area (Å²) in [7, 11) is 6.15. The first-order valence-corrected chi connectivity index (χ1v) is 7.75. The molecule has 7 heteroatoms. The molecule has 0 bridgehead atoms. The van der Waals surface area contributed by atoms with E-state index in [9.17, 15) is 5.11 Å². The van der Waals surface area contributed by atoms with Crippen molar-refractivity contribution in [3.8, 4) is 0 Å². The van der Waals surface area contributed by atoms with Crippen molar-refractivity contribution in [3.05, 3.63) is 12.7 Å². The third-order valence-corrected chi connectivity index (χ3v) is 3.79. The predicted octanol–water partition coefficient (Wildman–Crippen LogP) is 0.726. The van der Waals surface area contributed by atoms with Crippen LogP contribution in [0, 0.1) is 0 Å². The Morgan fingerprint density at radius 1 is 1.18 bits per heavy atom. The first kappa shape index (κ1) is 16.8. The van der Waals surface area contributed by atoms with E-state index in [1.807, 2.05) is 4.57 Å². The number of nitrogens with zero attached hydrogens (tertiary/aromatic N) is 6. The van der Waals surface area contributed by atoms with Crippen molar-refractivity contribution >= 4 is 17.0 Å². The molecule has 0 amide bonds. The highest BCUT2D eigenvalue weighted by Crippen LogP contribution is 2.23. The van der Waals surface area contributed by atoms with Gasteiger partial charge in [-0.2, -0.15) is 4.98 Å². The fourth-order valence-corrected chi connectivity index (χ4v) is 2.56. The van der Waals surface area contributed by atoms with Gasteiger partial charge < -0.3 is 14.6 Å². The van der Waals surface area contributed by atoms with Crippen LogP contribution in [-0.4, -0.2) is 76.4 Å². The number of hydrogen-bond donors (Lipinski definition) is 1. The van der Waals surface area contributed by atoms with Gasteiger partial charge in [0, 0.05) is 6.54 Å². The Labute approximate surface area is 131 Å². The van der Waals surface area contributed by atoms with E-state index >= 15 is 0 Å². The Bertz CT molecular complexity index is 614. The van der Waals surface area contributed by atoms with Gasteiger partial charge in [-0.25, -0.2) is 9.97 Å². The molecule has 22 heavy (non-hydrogen) atoms. The van der Waals surface area contributed by atoms with Gasteiger partial charge in [-0.15, -0.1) is 0 Å². The van der Waals surface area contributed by atoms with Crippen LogP contribution in [0.4, 0.5) is 5.82 Å². The maximum absolute atomic E-state index is 10.3. The molecular formula is C15H27N6O+. The van der Waals surface area contributed by atoms with E-state index in [2.05, 4.69) is 54.8 Å². The van der Waals surface area contributed by atoms with Crippen LogP contribution in [0.1, 0.15) is 13.8 Å². The summed E-state index contributed by atoms with van der Waals surface area (Å²) in [5.41, 5.74) is 1.57. The van der Waals surface area contributed by atoms with Gasteiger partial charge >= 0.3 is 0 Å². The van der Waals surface area contributed by atoms with Crippen molar-refractivity contribution in [1.82, 2.24) is 28.9 Å². The first-order chi connectivity index (χ1) is 10.4. The van der Waals surface area contributed by atoms with Gasteiger partial charge in [-0.3, -0.25) is 4.48 Å². The largest absolute Gasteiger partial charge is 0.390 e. The van der Waals surface area contributed by atoms with Gasteiger partial charge in [-0.1, -0.05) is 13.8 Å². The molecule has 1 N–H and O–H groups in total. The molecule has 1 unspecified atom stereocenters. The van der Waals surface area contributed by atoms with Crippen LogP contribution >= 0.6 is 0 Å². The van der Waals surface area contributed by atoms with E-state index in [-0.39, 0.29) is 0 Å². The quantitative estimate of drug-likeness (QED) is 0.764. The lowest BCUT2D eigenvalue weighted by Crippen LogP contribution is -2.36. The zero-order valence-electron chi connectivity index (χ0n) is 14.2. The predicted molar refractivity (Wildman–Crippen MR) is 88.7 cm³/mol. The standard InChI is InChI=1S/C15H27N6O/c1-6-19(7-2)8-12(22)9-20-11-18-13-14(20)16-10-17-15(13)21(3,4)5/h10-12,22H,6-9H2,1-5H3/q+1.